The molecule has 0 bridgehead atoms. The number of para-hydroxylation sites is 4. The van der Waals surface area contributed by atoms with E-state index in [0.717, 1.165) is 22.7 Å². The number of benzene rings is 4. The second-order valence-electron chi connectivity index (χ2n) is 18.5. The summed E-state index contributed by atoms with van der Waals surface area (Å²) in [5, 5.41) is 13.8. The minimum absolute atomic E-state index is 0. The van der Waals surface area contributed by atoms with Gasteiger partial charge in [0.1, 0.15) is 28.8 Å². The Labute approximate surface area is 652 Å². The third-order valence-electron chi connectivity index (χ3n) is 13.1. The standard InChI is InChI=1S/C16H13N3O3.C16H15N3O2S.C16H13N3O2S.C16H15N3O2.B.I3.I2.HI.Na.H/c1-22-13-8-5-9-19-15(13)18-14(12(10-20)16(19)21)17-11-6-3-2-4-7-11;2*1-21-13-8-5-9-19-15(13)18-14(12(10-22)16(19)20)17-11-6-3-2-4-7-11;1-11-14(17-12-7-4-3-5-8-12)18-15-13(21-2)9-6-10-19(15)16(11)20;;1-3-2;1-2;;;/h2-10,17H,1H3;2-9,17,22H,10H2,1H3;2-10,17H,1H3;3-10,17H,1-2H3;;;;1H;;/q;;;;;-1;;;+1;-1. The third-order valence-corrected chi connectivity index (χ3v) is 13.6. The number of thiocarbonyl (C=S) groups is 1. The Kier molecular flexibility index (Phi) is 36.3. The molecule has 21 nitrogen and oxygen atoms in total. The first-order valence-electron chi connectivity index (χ1n) is 27.0. The first-order valence-corrected chi connectivity index (χ1v) is 46.9. The van der Waals surface area contributed by atoms with Crippen LogP contribution in [0.25, 0.3) is 22.6 Å². The van der Waals surface area contributed by atoms with E-state index in [1.807, 2.05) is 121 Å². The molecule has 0 aliphatic carbocycles. The van der Waals surface area contributed by atoms with Crippen LogP contribution in [-0.4, -0.2) is 86.0 Å². The molecule has 0 aliphatic rings. The topological polar surface area (TPSA) is 240 Å². The molecule has 0 unspecified atom stereocenters. The quantitative estimate of drug-likeness (QED) is 0.0212. The zero-order valence-electron chi connectivity index (χ0n) is 52.3. The largest absolute Gasteiger partial charge is 1.00 e. The van der Waals surface area contributed by atoms with E-state index in [9.17, 15) is 24.0 Å². The van der Waals surface area contributed by atoms with Gasteiger partial charge in [-0.05, 0) is 104 Å². The normalized spacial score (nSPS) is 9.92. The maximum atomic E-state index is 12.6. The van der Waals surface area contributed by atoms with Gasteiger partial charge in [-0.2, -0.15) is 12.6 Å². The summed E-state index contributed by atoms with van der Waals surface area (Å²) >= 11 is 18.8. The van der Waals surface area contributed by atoms with Crippen molar-refractivity contribution in [1.82, 2.24) is 37.5 Å². The zero-order valence-corrected chi connectivity index (χ0v) is 68.1. The number of nitrogens with zero attached hydrogens (tertiary/aromatic N) is 8. The summed E-state index contributed by atoms with van der Waals surface area (Å²) in [6, 6.07) is 51.8. The molecule has 0 saturated carbocycles. The van der Waals surface area contributed by atoms with Gasteiger partial charge in [-0.3, -0.25) is 41.6 Å². The van der Waals surface area contributed by atoms with E-state index < -0.39 is 5.56 Å². The minimum atomic E-state index is -0.447. The van der Waals surface area contributed by atoms with Crippen LogP contribution < -0.4 is 105 Å². The van der Waals surface area contributed by atoms with Gasteiger partial charge < -0.3 is 41.6 Å². The van der Waals surface area contributed by atoms with Crippen molar-refractivity contribution in [2.24, 2.45) is 0 Å². The number of nitrogens with one attached hydrogen (secondary N) is 4. The molecule has 0 fully saturated rings. The number of anilines is 8. The molecule has 12 aromatic rings. The van der Waals surface area contributed by atoms with Crippen molar-refractivity contribution < 1.29 is 68.0 Å². The van der Waals surface area contributed by atoms with Crippen LogP contribution in [0.1, 0.15) is 28.5 Å². The van der Waals surface area contributed by atoms with Gasteiger partial charge in [-0.15, -0.1) is 24.0 Å². The van der Waals surface area contributed by atoms with Gasteiger partial charge in [0, 0.05) is 104 Å². The monoisotopic (exact) mass is 2000 g/mol. The average molecular weight is 2000 g/mol. The Hall–Kier alpha value is -5.73. The van der Waals surface area contributed by atoms with Crippen LogP contribution >= 0.6 is 123 Å². The van der Waals surface area contributed by atoms with E-state index in [-0.39, 0.29) is 91.4 Å². The summed E-state index contributed by atoms with van der Waals surface area (Å²) in [4.78, 5) is 79.3. The fraction of sp³-hybridized carbons (Fsp3) is 0.0938. The number of ether oxygens (including phenoxy) is 4. The van der Waals surface area contributed by atoms with E-state index >= 15 is 0 Å². The van der Waals surface area contributed by atoms with Crippen molar-refractivity contribution in [1.29, 1.82) is 0 Å². The van der Waals surface area contributed by atoms with E-state index in [0.29, 0.717) is 105 Å². The smallest absolute Gasteiger partial charge is 1.00 e. The second-order valence-corrected chi connectivity index (χ2v) is 35.3. The number of carbonyl (C=O) groups is 1. The third kappa shape index (κ3) is 21.1. The molecule has 4 aromatic carbocycles. The Bertz CT molecular complexity index is 4600. The predicted octanol–water partition coefficient (Wildman–Crippen LogP) is 8.59. The van der Waals surface area contributed by atoms with Crippen molar-refractivity contribution >= 4 is 212 Å². The molecule has 31 heteroatoms. The molecule has 0 amide bonds. The number of fused-ring (bicyclic) bond motifs is 4. The van der Waals surface area contributed by atoms with Gasteiger partial charge in [0.25, 0.3) is 22.2 Å². The molecule has 8 heterocycles. The number of carbonyl (C=O) groups excluding carboxylic acids is 1. The van der Waals surface area contributed by atoms with Gasteiger partial charge in [0.2, 0.25) is 0 Å². The molecular formula is C64H58BI6N12NaO9S2-. The Morgan fingerprint density at radius 2 is 0.747 bits per heavy atom. The van der Waals surface area contributed by atoms with E-state index in [1.54, 1.807) is 102 Å². The van der Waals surface area contributed by atoms with E-state index in [1.165, 1.54) is 30.1 Å². The number of pyridine rings is 4. The van der Waals surface area contributed by atoms with Crippen molar-refractivity contribution in [2.75, 3.05) is 49.7 Å². The summed E-state index contributed by atoms with van der Waals surface area (Å²) in [5.74, 6) is 4.02. The van der Waals surface area contributed by atoms with Crippen molar-refractivity contribution in [2.45, 2.75) is 12.7 Å². The fourth-order valence-electron chi connectivity index (χ4n) is 8.74. The molecule has 0 atom stereocenters. The molecule has 0 spiro atoms. The molecule has 95 heavy (non-hydrogen) atoms. The number of halogens is 6. The number of thiol groups is 1. The Morgan fingerprint density at radius 3 is 1.06 bits per heavy atom. The molecule has 3 radical (unpaired) electrons. The number of hydrogen-bond donors (Lipinski definition) is 5. The number of methoxy groups -OCH3 is 4. The maximum absolute atomic E-state index is 12.6. The number of aldehydes is 1. The number of hydrogen-bond acceptors (Lipinski definition) is 19. The number of rotatable bonds is 15. The minimum Gasteiger partial charge on any atom is -1.00 e. The van der Waals surface area contributed by atoms with Crippen LogP contribution in [0.3, 0.4) is 0 Å². The molecule has 4 N–H and O–H groups in total. The summed E-state index contributed by atoms with van der Waals surface area (Å²) in [5.41, 5.74) is 5.47. The molecule has 487 valence electrons. The SMILES string of the molecule is COc1cccn2c(=O)c(C)c(Nc3ccccc3)nc12.COc1cccn2c(=O)c(C=O)c(Nc3ccccc3)nc12.COc1cccn2c(=O)c(C=S)c(Nc3ccccc3)nc12.COc1cccn2c(=O)c(CS)c(Nc3ccccc3)nc12.I.II.I[I-]I.[B].[H-].[Na+]. The average Bonchev–Trinajstić information content (AvgIpc) is 0.808. The first kappa shape index (κ1) is 81.7. The zero-order chi connectivity index (χ0) is 66.1. The number of aromatic nitrogens is 8. The molecule has 8 aromatic heterocycles. The van der Waals surface area contributed by atoms with Crippen LogP contribution in [0.15, 0.2) is 214 Å². The first-order chi connectivity index (χ1) is 44.8. The van der Waals surface area contributed by atoms with E-state index in [2.05, 4.69) is 128 Å². The molecule has 0 aliphatic heterocycles. The Morgan fingerprint density at radius 1 is 0.474 bits per heavy atom. The van der Waals surface area contributed by atoms with Crippen LogP contribution in [-0.2, 0) is 5.75 Å². The second kappa shape index (κ2) is 42.2. The van der Waals surface area contributed by atoms with Gasteiger partial charge >= 0.3 is 80.0 Å². The van der Waals surface area contributed by atoms with Crippen molar-refractivity contribution in [3.8, 4) is 23.0 Å². The van der Waals surface area contributed by atoms with Crippen molar-refractivity contribution in [3.63, 3.8) is 0 Å². The van der Waals surface area contributed by atoms with Crippen LogP contribution in [0, 0.1) is 6.92 Å². The fourth-order valence-corrected chi connectivity index (χ4v) is 9.24. The van der Waals surface area contributed by atoms with Gasteiger partial charge in [0.05, 0.1) is 45.1 Å². The molecule has 12 rings (SSSR count). The van der Waals surface area contributed by atoms with Gasteiger partial charge in [-0.1, -0.05) is 85.0 Å². The van der Waals surface area contributed by atoms with Crippen LogP contribution in [0.5, 0.6) is 23.0 Å². The van der Waals surface area contributed by atoms with Gasteiger partial charge in [-0.25, -0.2) is 19.9 Å². The van der Waals surface area contributed by atoms with Crippen LogP contribution in [0.2, 0.25) is 0 Å². The van der Waals surface area contributed by atoms with Crippen molar-refractivity contribution in [3.05, 3.63) is 258 Å². The molecular weight excluding hydrogens is 1940 g/mol. The maximum Gasteiger partial charge on any atom is 1.00 e. The van der Waals surface area contributed by atoms with E-state index in [4.69, 9.17) is 31.2 Å². The van der Waals surface area contributed by atoms with Gasteiger partial charge in [0.15, 0.2) is 51.9 Å². The predicted molar refractivity (Wildman–Crippen MR) is 425 cm³/mol. The summed E-state index contributed by atoms with van der Waals surface area (Å²) in [7, 11) is 6.16. The summed E-state index contributed by atoms with van der Waals surface area (Å²) in [6.07, 6.45) is 7.06. The Balaban J connectivity index is 0.000000321. The van der Waals surface area contributed by atoms with Crippen LogP contribution in [0.4, 0.5) is 46.0 Å². The summed E-state index contributed by atoms with van der Waals surface area (Å²) in [6.45, 7) is 1.76. The molecule has 0 saturated heterocycles. The summed E-state index contributed by atoms with van der Waals surface area (Å²) < 4.78 is 26.7.